The monoisotopic (exact) mass is 509 g/mol. The zero-order valence-corrected chi connectivity index (χ0v) is 19.2. The molecule has 2 heterocycles. The molecule has 36 heavy (non-hydrogen) atoms. The molecule has 7 nitrogen and oxygen atoms in total. The SMILES string of the molecule is C=C/C(NC(=O)c1nc(-c2c(F)cccc2F)ncc1N)=C(\C=C/C)N1CCCC(O)(C(F)(F)F)C1. The third-order valence-electron chi connectivity index (χ3n) is 5.61. The number of piperidine rings is 1. The van der Waals surface area contributed by atoms with Gasteiger partial charge in [0.2, 0.25) is 0 Å². The number of allylic oxidation sites excluding steroid dienone is 3. The van der Waals surface area contributed by atoms with Crippen LogP contribution in [0.5, 0.6) is 0 Å². The quantitative estimate of drug-likeness (QED) is 0.400. The number of β-amino-alcohol motifs (C(OH)–C–C–N with tert-alkyl or cyclic N) is 1. The van der Waals surface area contributed by atoms with E-state index in [1.165, 1.54) is 17.1 Å². The minimum Gasteiger partial charge on any atom is -0.396 e. The second-order valence-corrected chi connectivity index (χ2v) is 8.11. The molecule has 0 bridgehead atoms. The summed E-state index contributed by atoms with van der Waals surface area (Å²) >= 11 is 0. The van der Waals surface area contributed by atoms with Gasteiger partial charge in [-0.3, -0.25) is 4.79 Å². The van der Waals surface area contributed by atoms with Gasteiger partial charge < -0.3 is 21.1 Å². The Hall–Kier alpha value is -3.80. The number of nitrogens with one attached hydrogen (secondary N) is 1. The summed E-state index contributed by atoms with van der Waals surface area (Å²) in [5.74, 6) is -3.23. The molecule has 1 atom stereocenters. The smallest absolute Gasteiger partial charge is 0.396 e. The predicted octanol–water partition coefficient (Wildman–Crippen LogP) is 4.10. The number of nitrogens with zero attached hydrogens (tertiary/aromatic N) is 3. The van der Waals surface area contributed by atoms with Gasteiger partial charge in [0.15, 0.2) is 17.1 Å². The van der Waals surface area contributed by atoms with Gasteiger partial charge in [-0.1, -0.05) is 18.7 Å². The van der Waals surface area contributed by atoms with Crippen LogP contribution < -0.4 is 11.1 Å². The number of aliphatic hydroxyl groups is 1. The van der Waals surface area contributed by atoms with Crippen LogP contribution >= 0.6 is 0 Å². The zero-order valence-electron chi connectivity index (χ0n) is 19.2. The van der Waals surface area contributed by atoms with Crippen LogP contribution in [0, 0.1) is 11.6 Å². The first-order chi connectivity index (χ1) is 16.9. The van der Waals surface area contributed by atoms with Crippen LogP contribution in [0.2, 0.25) is 0 Å². The molecule has 1 aromatic heterocycles. The van der Waals surface area contributed by atoms with Crippen molar-refractivity contribution in [2.45, 2.75) is 31.5 Å². The van der Waals surface area contributed by atoms with E-state index in [4.69, 9.17) is 5.73 Å². The summed E-state index contributed by atoms with van der Waals surface area (Å²) in [5.41, 5.74) is 1.91. The highest BCUT2D eigenvalue weighted by molar-refractivity contribution is 5.98. The minimum atomic E-state index is -4.85. The number of aromatic nitrogens is 2. The lowest BCUT2D eigenvalue weighted by Crippen LogP contribution is -2.56. The van der Waals surface area contributed by atoms with Gasteiger partial charge in [0.1, 0.15) is 11.6 Å². The summed E-state index contributed by atoms with van der Waals surface area (Å²) in [4.78, 5) is 22.1. The number of carbonyl (C=O) groups excluding carboxylic acids is 1. The van der Waals surface area contributed by atoms with Crippen molar-refractivity contribution in [2.24, 2.45) is 0 Å². The summed E-state index contributed by atoms with van der Waals surface area (Å²) in [6.45, 7) is 4.67. The molecule has 0 aliphatic carbocycles. The number of hydrogen-bond acceptors (Lipinski definition) is 6. The van der Waals surface area contributed by atoms with E-state index in [-0.39, 0.29) is 30.0 Å². The molecule has 2 aromatic rings. The number of benzene rings is 1. The van der Waals surface area contributed by atoms with Gasteiger partial charge in [-0.05, 0) is 44.1 Å². The van der Waals surface area contributed by atoms with E-state index in [9.17, 15) is 31.9 Å². The lowest BCUT2D eigenvalue weighted by atomic mass is 9.91. The second-order valence-electron chi connectivity index (χ2n) is 8.11. The van der Waals surface area contributed by atoms with Crippen LogP contribution in [0.25, 0.3) is 11.4 Å². The maximum atomic E-state index is 14.2. The third kappa shape index (κ3) is 5.38. The molecule has 4 N–H and O–H groups in total. The van der Waals surface area contributed by atoms with Crippen molar-refractivity contribution in [3.8, 4) is 11.4 Å². The average molecular weight is 509 g/mol. The topological polar surface area (TPSA) is 104 Å². The Kier molecular flexibility index (Phi) is 7.77. The van der Waals surface area contributed by atoms with Crippen LogP contribution in [0.4, 0.5) is 27.6 Å². The number of alkyl halides is 3. The highest BCUT2D eigenvalue weighted by atomic mass is 19.4. The van der Waals surface area contributed by atoms with Gasteiger partial charge in [0, 0.05) is 6.54 Å². The Balaban J connectivity index is 1.99. The number of carbonyl (C=O) groups is 1. The Bertz CT molecular complexity index is 1210. The molecule has 0 spiro atoms. The molecule has 1 saturated heterocycles. The van der Waals surface area contributed by atoms with E-state index in [0.717, 1.165) is 24.4 Å². The highest BCUT2D eigenvalue weighted by Gasteiger charge is 2.55. The van der Waals surface area contributed by atoms with Gasteiger partial charge in [0.25, 0.3) is 5.91 Å². The molecule has 3 rings (SSSR count). The molecular formula is C24H24F5N5O2. The van der Waals surface area contributed by atoms with Crippen molar-refractivity contribution in [1.29, 1.82) is 0 Å². The van der Waals surface area contributed by atoms with E-state index in [2.05, 4.69) is 21.9 Å². The van der Waals surface area contributed by atoms with E-state index < -0.39 is 59.4 Å². The molecule has 1 aromatic carbocycles. The van der Waals surface area contributed by atoms with E-state index >= 15 is 0 Å². The number of likely N-dealkylation sites (tertiary alicyclic amines) is 1. The molecule has 1 unspecified atom stereocenters. The van der Waals surface area contributed by atoms with Crippen molar-refractivity contribution in [1.82, 2.24) is 20.2 Å². The van der Waals surface area contributed by atoms with Crippen LogP contribution in [0.15, 0.2) is 60.6 Å². The first-order valence-corrected chi connectivity index (χ1v) is 10.8. The summed E-state index contributed by atoms with van der Waals surface area (Å²) in [6.07, 6.45) is -0.0272. The van der Waals surface area contributed by atoms with Gasteiger partial charge in [-0.25, -0.2) is 18.7 Å². The third-order valence-corrected chi connectivity index (χ3v) is 5.61. The highest BCUT2D eigenvalue weighted by Crippen LogP contribution is 2.38. The van der Waals surface area contributed by atoms with Crippen molar-refractivity contribution >= 4 is 11.6 Å². The van der Waals surface area contributed by atoms with Crippen LogP contribution in [-0.4, -0.2) is 50.7 Å². The van der Waals surface area contributed by atoms with Crippen LogP contribution in [0.1, 0.15) is 30.3 Å². The number of hydrogen-bond donors (Lipinski definition) is 3. The van der Waals surface area contributed by atoms with Gasteiger partial charge in [-0.2, -0.15) is 13.2 Å². The molecule has 0 radical (unpaired) electrons. The Morgan fingerprint density at radius 3 is 2.56 bits per heavy atom. The molecule has 1 aliphatic heterocycles. The summed E-state index contributed by atoms with van der Waals surface area (Å²) in [7, 11) is 0. The largest absolute Gasteiger partial charge is 0.418 e. The maximum absolute atomic E-state index is 14.2. The van der Waals surface area contributed by atoms with Gasteiger partial charge >= 0.3 is 6.18 Å². The maximum Gasteiger partial charge on any atom is 0.418 e. The minimum absolute atomic E-state index is 0.0150. The molecule has 1 amide bonds. The standard InChI is InChI=1S/C24H24F5N5O2/c1-3-7-18(34-11-6-10-23(36,13-34)24(27,28)29)17(4-2)32-22(35)20-16(30)12-31-21(33-20)19-14(25)8-5-9-15(19)26/h3-5,7-9,12,36H,2,6,10-11,13,30H2,1H3,(H,32,35)/b7-3-,18-17-. The Morgan fingerprint density at radius 2 is 1.97 bits per heavy atom. The van der Waals surface area contributed by atoms with Crippen molar-refractivity contribution in [3.05, 3.63) is 77.9 Å². The first-order valence-electron chi connectivity index (χ1n) is 10.8. The fourth-order valence-corrected chi connectivity index (χ4v) is 3.80. The van der Waals surface area contributed by atoms with Crippen molar-refractivity contribution in [2.75, 3.05) is 18.8 Å². The number of nitrogen functional groups attached to an aromatic ring is 1. The van der Waals surface area contributed by atoms with Crippen LogP contribution in [-0.2, 0) is 0 Å². The molecule has 1 aliphatic rings. The summed E-state index contributed by atoms with van der Waals surface area (Å²) in [5, 5.41) is 12.7. The van der Waals surface area contributed by atoms with Crippen LogP contribution in [0.3, 0.4) is 0 Å². The molecule has 1 fully saturated rings. The Morgan fingerprint density at radius 1 is 1.31 bits per heavy atom. The van der Waals surface area contributed by atoms with Gasteiger partial charge in [-0.15, -0.1) is 0 Å². The molecule has 0 saturated carbocycles. The van der Waals surface area contributed by atoms with E-state index in [0.29, 0.717) is 0 Å². The number of halogens is 5. The normalized spacial score (nSPS) is 19.2. The average Bonchev–Trinajstić information content (AvgIpc) is 2.81. The lowest BCUT2D eigenvalue weighted by Gasteiger charge is -2.42. The van der Waals surface area contributed by atoms with Crippen molar-refractivity contribution < 1.29 is 31.9 Å². The number of anilines is 1. The number of rotatable bonds is 6. The van der Waals surface area contributed by atoms with E-state index in [1.807, 2.05) is 0 Å². The Labute approximate surface area is 203 Å². The predicted molar refractivity (Wildman–Crippen MR) is 123 cm³/mol. The second kappa shape index (κ2) is 10.4. The molecule has 192 valence electrons. The molecule has 12 heteroatoms. The fraction of sp³-hybridized carbons (Fsp3) is 0.292. The van der Waals surface area contributed by atoms with E-state index in [1.54, 1.807) is 13.0 Å². The lowest BCUT2D eigenvalue weighted by molar-refractivity contribution is -0.272. The zero-order chi connectivity index (χ0) is 26.7. The number of nitrogens with two attached hydrogens (primary N) is 1. The number of amides is 1. The summed E-state index contributed by atoms with van der Waals surface area (Å²) < 4.78 is 68.8. The fourth-order valence-electron chi connectivity index (χ4n) is 3.80. The molecular weight excluding hydrogens is 485 g/mol. The summed E-state index contributed by atoms with van der Waals surface area (Å²) in [6, 6.07) is 3.16. The van der Waals surface area contributed by atoms with Crippen molar-refractivity contribution in [3.63, 3.8) is 0 Å². The van der Waals surface area contributed by atoms with Gasteiger partial charge in [0.05, 0.1) is 35.4 Å². The first kappa shape index (κ1) is 26.8.